The number of hydrogen-bond donors (Lipinski definition) is 1. The molecular weight excluding hydrogens is 536 g/mol. The molecule has 3 aromatic rings. The molecule has 12 heteroatoms. The first-order valence-corrected chi connectivity index (χ1v) is 12.3. The summed E-state index contributed by atoms with van der Waals surface area (Å²) in [5.41, 5.74) is -3.15. The monoisotopic (exact) mass is 567 g/mol. The van der Waals surface area contributed by atoms with Crippen molar-refractivity contribution in [1.82, 2.24) is 14.9 Å². The lowest BCUT2D eigenvalue weighted by molar-refractivity contribution is -0.143. The zero-order chi connectivity index (χ0) is 30.0. The average Bonchev–Trinajstić information content (AvgIpc) is 2.86. The highest BCUT2D eigenvalue weighted by Gasteiger charge is 2.41. The maximum atomic E-state index is 13.8. The highest BCUT2D eigenvalue weighted by atomic mass is 19.4. The van der Waals surface area contributed by atoms with E-state index in [4.69, 9.17) is 0 Å². The third kappa shape index (κ3) is 6.90. The first kappa shape index (κ1) is 30.9. The summed E-state index contributed by atoms with van der Waals surface area (Å²) in [6, 6.07) is 8.50. The Labute approximate surface area is 229 Å². The van der Waals surface area contributed by atoms with E-state index in [1.54, 1.807) is 6.07 Å². The molecule has 0 saturated heterocycles. The van der Waals surface area contributed by atoms with E-state index < -0.39 is 40.4 Å². The summed E-state index contributed by atoms with van der Waals surface area (Å²) in [4.78, 5) is 25.8. The van der Waals surface area contributed by atoms with Crippen molar-refractivity contribution in [3.8, 4) is 11.1 Å². The van der Waals surface area contributed by atoms with Gasteiger partial charge < -0.3 is 10.2 Å². The Balaban J connectivity index is 2.12. The van der Waals surface area contributed by atoms with Crippen molar-refractivity contribution in [3.63, 3.8) is 0 Å². The molecule has 0 spiro atoms. The summed E-state index contributed by atoms with van der Waals surface area (Å²) in [6.45, 7) is 5.58. The van der Waals surface area contributed by atoms with Gasteiger partial charge in [-0.25, -0.2) is 4.98 Å². The molecule has 0 aliphatic heterocycles. The van der Waals surface area contributed by atoms with Crippen molar-refractivity contribution in [2.75, 3.05) is 44.4 Å². The van der Waals surface area contributed by atoms with Crippen molar-refractivity contribution in [2.45, 2.75) is 38.5 Å². The number of rotatable bonds is 8. The van der Waals surface area contributed by atoms with Gasteiger partial charge in [0.2, 0.25) is 11.9 Å². The number of anilines is 2. The van der Waals surface area contributed by atoms with Gasteiger partial charge in [-0.15, -0.1) is 0 Å². The van der Waals surface area contributed by atoms with Gasteiger partial charge in [-0.3, -0.25) is 9.69 Å². The maximum Gasteiger partial charge on any atom is 0.416 e. The number of aryl methyl sites for hydroxylation is 1. The third-order valence-corrected chi connectivity index (χ3v) is 6.51. The van der Waals surface area contributed by atoms with Crippen LogP contribution in [0.1, 0.15) is 36.1 Å². The standard InChI is InChI=1S/C28H31F6N5O/c1-17-9-7-8-10-21(17)22-16-36-25(35-11-12-38(4)5)37-23(22)39(6)24(40)26(2,3)18-13-19(27(29,30)31)15-20(14-18)28(32,33)34/h7-10,13-16H,11-12H2,1-6H3,(H,35,36,37). The summed E-state index contributed by atoms with van der Waals surface area (Å²) < 4.78 is 81.2. The minimum absolute atomic E-state index is 0.0418. The van der Waals surface area contributed by atoms with E-state index in [1.165, 1.54) is 27.1 Å². The molecule has 0 bridgehead atoms. The van der Waals surface area contributed by atoms with Gasteiger partial charge in [-0.1, -0.05) is 24.3 Å². The minimum atomic E-state index is -5.04. The Hall–Kier alpha value is -3.67. The highest BCUT2D eigenvalue weighted by molar-refractivity contribution is 6.02. The molecule has 1 N–H and O–H groups in total. The SMILES string of the molecule is Cc1ccccc1-c1cnc(NCCN(C)C)nc1N(C)C(=O)C(C)(C)c1cc(C(F)(F)F)cc(C(F)(F)F)c1. The molecule has 6 nitrogen and oxygen atoms in total. The Morgan fingerprint density at radius 1 is 0.875 bits per heavy atom. The molecule has 2 aromatic carbocycles. The van der Waals surface area contributed by atoms with Crippen molar-refractivity contribution in [2.24, 2.45) is 0 Å². The lowest BCUT2D eigenvalue weighted by Gasteiger charge is -2.31. The molecule has 0 radical (unpaired) electrons. The topological polar surface area (TPSA) is 61.4 Å². The number of likely N-dealkylation sites (N-methyl/N-ethyl adjacent to an activating group) is 2. The molecule has 0 atom stereocenters. The first-order valence-electron chi connectivity index (χ1n) is 12.3. The van der Waals surface area contributed by atoms with Gasteiger partial charge in [-0.05, 0) is 69.8 Å². The number of halogens is 6. The van der Waals surface area contributed by atoms with Gasteiger partial charge in [0.25, 0.3) is 0 Å². The lowest BCUT2D eigenvalue weighted by atomic mass is 9.81. The molecule has 0 saturated carbocycles. The van der Waals surface area contributed by atoms with Crippen LogP contribution < -0.4 is 10.2 Å². The molecule has 216 valence electrons. The molecule has 0 aliphatic carbocycles. The fourth-order valence-electron chi connectivity index (χ4n) is 4.12. The molecule has 1 aromatic heterocycles. The summed E-state index contributed by atoms with van der Waals surface area (Å²) in [6.07, 6.45) is -8.55. The molecule has 40 heavy (non-hydrogen) atoms. The summed E-state index contributed by atoms with van der Waals surface area (Å²) in [7, 11) is 5.17. The normalized spacial score (nSPS) is 12.5. The van der Waals surface area contributed by atoms with Crippen LogP contribution in [0.4, 0.5) is 38.1 Å². The molecule has 3 rings (SSSR count). The van der Waals surface area contributed by atoms with Crippen molar-refractivity contribution < 1.29 is 31.1 Å². The Kier molecular flexibility index (Phi) is 8.83. The summed E-state index contributed by atoms with van der Waals surface area (Å²) in [5, 5.41) is 3.07. The number of carbonyl (C=O) groups excluding carboxylic acids is 1. The molecule has 1 amide bonds. The molecule has 1 heterocycles. The average molecular weight is 568 g/mol. The number of hydrogen-bond acceptors (Lipinski definition) is 5. The van der Waals surface area contributed by atoms with Crippen molar-refractivity contribution >= 4 is 17.7 Å². The molecule has 0 aliphatic rings. The zero-order valence-corrected chi connectivity index (χ0v) is 23.0. The molecule has 0 unspecified atom stereocenters. The van der Waals surface area contributed by atoms with Crippen LogP contribution in [0.3, 0.4) is 0 Å². The maximum absolute atomic E-state index is 13.8. The summed E-state index contributed by atoms with van der Waals surface area (Å²) in [5.74, 6) is -0.393. The predicted octanol–water partition coefficient (Wildman–Crippen LogP) is 6.40. The van der Waals surface area contributed by atoms with Crippen LogP contribution >= 0.6 is 0 Å². The number of benzene rings is 2. The fraction of sp³-hybridized carbons (Fsp3) is 0.393. The van der Waals surface area contributed by atoms with Crippen molar-refractivity contribution in [1.29, 1.82) is 0 Å². The number of alkyl halides is 6. The smallest absolute Gasteiger partial charge is 0.353 e. The Morgan fingerprint density at radius 3 is 1.95 bits per heavy atom. The van der Waals surface area contributed by atoms with E-state index in [2.05, 4.69) is 15.3 Å². The van der Waals surface area contributed by atoms with Gasteiger partial charge in [0.15, 0.2) is 0 Å². The van der Waals surface area contributed by atoms with Crippen molar-refractivity contribution in [3.05, 3.63) is 70.9 Å². The largest absolute Gasteiger partial charge is 0.416 e. The van der Waals surface area contributed by atoms with Crippen LogP contribution in [0.2, 0.25) is 0 Å². The van der Waals surface area contributed by atoms with E-state index in [-0.39, 0.29) is 17.8 Å². The predicted molar refractivity (Wildman–Crippen MR) is 142 cm³/mol. The van der Waals surface area contributed by atoms with E-state index >= 15 is 0 Å². The highest BCUT2D eigenvalue weighted by Crippen LogP contribution is 2.40. The number of amides is 1. The molecular formula is C28H31F6N5O. The van der Waals surface area contributed by atoms with Gasteiger partial charge in [-0.2, -0.15) is 31.3 Å². The van der Waals surface area contributed by atoms with Gasteiger partial charge >= 0.3 is 12.4 Å². The van der Waals surface area contributed by atoms with Gasteiger partial charge in [0, 0.05) is 31.9 Å². The van der Waals surface area contributed by atoms with E-state index in [9.17, 15) is 31.1 Å². The minimum Gasteiger partial charge on any atom is -0.353 e. The summed E-state index contributed by atoms with van der Waals surface area (Å²) >= 11 is 0. The number of nitrogens with one attached hydrogen (secondary N) is 1. The van der Waals surface area contributed by atoms with Crippen LogP contribution in [0.15, 0.2) is 48.7 Å². The second-order valence-corrected chi connectivity index (χ2v) is 10.3. The van der Waals surface area contributed by atoms with Crippen LogP contribution in [-0.2, 0) is 22.6 Å². The quantitative estimate of drug-likeness (QED) is 0.319. The Bertz CT molecular complexity index is 1340. The lowest BCUT2D eigenvalue weighted by Crippen LogP contribution is -2.42. The first-order chi connectivity index (χ1) is 18.4. The van der Waals surface area contributed by atoms with E-state index in [1.807, 2.05) is 44.1 Å². The third-order valence-electron chi connectivity index (χ3n) is 6.51. The van der Waals surface area contributed by atoms with Crippen LogP contribution in [0, 0.1) is 6.92 Å². The van der Waals surface area contributed by atoms with E-state index in [0.717, 1.165) is 10.5 Å². The van der Waals surface area contributed by atoms with E-state index in [0.29, 0.717) is 36.3 Å². The Morgan fingerprint density at radius 2 is 1.43 bits per heavy atom. The van der Waals surface area contributed by atoms with Crippen LogP contribution in [-0.4, -0.2) is 55.0 Å². The molecule has 0 fully saturated rings. The number of carbonyl (C=O) groups is 1. The second-order valence-electron chi connectivity index (χ2n) is 10.3. The van der Waals surface area contributed by atoms with Gasteiger partial charge in [0.1, 0.15) is 5.82 Å². The van der Waals surface area contributed by atoms with Crippen LogP contribution in [0.5, 0.6) is 0 Å². The number of nitrogens with zero attached hydrogens (tertiary/aromatic N) is 4. The number of aromatic nitrogens is 2. The zero-order valence-electron chi connectivity index (χ0n) is 23.0. The fourth-order valence-corrected chi connectivity index (χ4v) is 4.12. The van der Waals surface area contributed by atoms with Crippen LogP contribution in [0.25, 0.3) is 11.1 Å². The second kappa shape index (κ2) is 11.4. The van der Waals surface area contributed by atoms with Gasteiger partial charge in [0.05, 0.1) is 16.5 Å².